The topological polar surface area (TPSA) is 50.3 Å². The number of methoxy groups -OCH3 is 1. The normalized spacial score (nSPS) is 10.3. The van der Waals surface area contributed by atoms with E-state index in [0.717, 1.165) is 30.4 Å². The highest BCUT2D eigenvalue weighted by atomic mass is 16.5. The van der Waals surface area contributed by atoms with Crippen molar-refractivity contribution in [3.05, 3.63) is 42.7 Å². The van der Waals surface area contributed by atoms with Gasteiger partial charge in [-0.3, -0.25) is 0 Å². The molecule has 5 nitrogen and oxygen atoms in total. The molecule has 1 aromatic carbocycles. The molecule has 0 aliphatic carbocycles. The Kier molecular flexibility index (Phi) is 5.32. The molecule has 2 rings (SSSR count). The maximum absolute atomic E-state index is 5.02. The molecule has 0 bridgehead atoms. The summed E-state index contributed by atoms with van der Waals surface area (Å²) in [4.78, 5) is 10.7. The molecule has 1 heterocycles. The summed E-state index contributed by atoms with van der Waals surface area (Å²) in [6, 6.07) is 12.2. The van der Waals surface area contributed by atoms with Crippen LogP contribution in [0.1, 0.15) is 6.92 Å². The summed E-state index contributed by atoms with van der Waals surface area (Å²) < 4.78 is 5.02. The van der Waals surface area contributed by atoms with Crippen molar-refractivity contribution >= 4 is 17.3 Å². The number of aromatic nitrogens is 2. The fraction of sp³-hybridized carbons (Fsp3) is 0.333. The van der Waals surface area contributed by atoms with Crippen LogP contribution in [0.2, 0.25) is 0 Å². The molecule has 0 fully saturated rings. The first-order valence-electron chi connectivity index (χ1n) is 6.72. The number of nitrogens with one attached hydrogen (secondary N) is 1. The van der Waals surface area contributed by atoms with Gasteiger partial charge in [-0.05, 0) is 19.1 Å². The van der Waals surface area contributed by atoms with Gasteiger partial charge in [-0.15, -0.1) is 0 Å². The molecule has 0 atom stereocenters. The summed E-state index contributed by atoms with van der Waals surface area (Å²) in [5.41, 5.74) is 1.12. The number of hydrogen-bond acceptors (Lipinski definition) is 5. The lowest BCUT2D eigenvalue weighted by atomic mass is 10.3. The van der Waals surface area contributed by atoms with Gasteiger partial charge in [0.2, 0.25) is 0 Å². The molecule has 0 saturated carbocycles. The highest BCUT2D eigenvalue weighted by molar-refractivity contribution is 5.61. The van der Waals surface area contributed by atoms with Gasteiger partial charge in [0.15, 0.2) is 0 Å². The van der Waals surface area contributed by atoms with E-state index in [0.29, 0.717) is 6.61 Å². The Bertz CT molecular complexity index is 518. The second-order valence-electron chi connectivity index (χ2n) is 4.26. The van der Waals surface area contributed by atoms with Crippen molar-refractivity contribution < 1.29 is 4.74 Å². The minimum Gasteiger partial charge on any atom is -0.383 e. The Morgan fingerprint density at radius 2 is 2.00 bits per heavy atom. The minimum absolute atomic E-state index is 0.648. The van der Waals surface area contributed by atoms with E-state index in [2.05, 4.69) is 39.2 Å². The number of anilines is 3. The van der Waals surface area contributed by atoms with Gasteiger partial charge in [0, 0.05) is 32.0 Å². The van der Waals surface area contributed by atoms with Crippen LogP contribution in [0.25, 0.3) is 0 Å². The molecule has 0 amide bonds. The Labute approximate surface area is 119 Å². The van der Waals surface area contributed by atoms with Crippen molar-refractivity contribution in [1.29, 1.82) is 0 Å². The van der Waals surface area contributed by atoms with E-state index in [9.17, 15) is 0 Å². The monoisotopic (exact) mass is 272 g/mol. The van der Waals surface area contributed by atoms with Crippen molar-refractivity contribution in [3.8, 4) is 0 Å². The summed E-state index contributed by atoms with van der Waals surface area (Å²) in [7, 11) is 1.68. The molecule has 0 unspecified atom stereocenters. The van der Waals surface area contributed by atoms with Crippen LogP contribution >= 0.6 is 0 Å². The molecule has 0 aliphatic rings. The lowest BCUT2D eigenvalue weighted by molar-refractivity contribution is 0.210. The third-order valence-electron chi connectivity index (χ3n) is 2.93. The van der Waals surface area contributed by atoms with E-state index >= 15 is 0 Å². The number of nitrogens with zero attached hydrogens (tertiary/aromatic N) is 3. The minimum atomic E-state index is 0.648. The summed E-state index contributed by atoms with van der Waals surface area (Å²) in [5, 5.41) is 3.21. The smallest absolute Gasteiger partial charge is 0.138 e. The summed E-state index contributed by atoms with van der Waals surface area (Å²) >= 11 is 0. The van der Waals surface area contributed by atoms with E-state index in [1.54, 1.807) is 13.4 Å². The molecule has 1 aromatic heterocycles. The largest absolute Gasteiger partial charge is 0.383 e. The number of ether oxygens (including phenoxy) is 1. The molecule has 0 aliphatic heterocycles. The van der Waals surface area contributed by atoms with E-state index in [4.69, 9.17) is 4.74 Å². The van der Waals surface area contributed by atoms with Gasteiger partial charge in [0.25, 0.3) is 0 Å². The predicted molar refractivity (Wildman–Crippen MR) is 81.5 cm³/mol. The zero-order valence-electron chi connectivity index (χ0n) is 11.9. The van der Waals surface area contributed by atoms with Gasteiger partial charge in [-0.1, -0.05) is 18.2 Å². The summed E-state index contributed by atoms with van der Waals surface area (Å²) in [6.07, 6.45) is 1.58. The fourth-order valence-corrected chi connectivity index (χ4v) is 1.96. The fourth-order valence-electron chi connectivity index (χ4n) is 1.96. The van der Waals surface area contributed by atoms with Crippen molar-refractivity contribution in [2.24, 2.45) is 0 Å². The second kappa shape index (κ2) is 7.45. The Balaban J connectivity index is 2.16. The lowest BCUT2D eigenvalue weighted by Gasteiger charge is -2.22. The Morgan fingerprint density at radius 3 is 2.70 bits per heavy atom. The van der Waals surface area contributed by atoms with E-state index in [1.807, 2.05) is 24.3 Å². The van der Waals surface area contributed by atoms with E-state index in [-0.39, 0.29) is 0 Å². The maximum Gasteiger partial charge on any atom is 0.138 e. The predicted octanol–water partition coefficient (Wildman–Crippen LogP) is 2.69. The highest BCUT2D eigenvalue weighted by Gasteiger charge is 2.09. The second-order valence-corrected chi connectivity index (χ2v) is 4.26. The van der Waals surface area contributed by atoms with Crippen molar-refractivity contribution in [1.82, 2.24) is 9.97 Å². The molecule has 2 aromatic rings. The number of para-hydroxylation sites is 1. The molecule has 1 N–H and O–H groups in total. The van der Waals surface area contributed by atoms with Crippen LogP contribution in [0.3, 0.4) is 0 Å². The van der Waals surface area contributed by atoms with Crippen LogP contribution in [0.5, 0.6) is 0 Å². The first-order valence-corrected chi connectivity index (χ1v) is 6.72. The molecule has 106 valence electrons. The zero-order chi connectivity index (χ0) is 14.2. The number of benzene rings is 1. The van der Waals surface area contributed by atoms with E-state index < -0.39 is 0 Å². The molecular formula is C15H20N4O. The molecule has 0 radical (unpaired) electrons. The third kappa shape index (κ3) is 3.68. The Morgan fingerprint density at radius 1 is 1.20 bits per heavy atom. The summed E-state index contributed by atoms with van der Waals surface area (Å²) in [5.74, 6) is 1.69. The quantitative estimate of drug-likeness (QED) is 0.785. The van der Waals surface area contributed by atoms with Crippen LogP contribution in [-0.2, 0) is 4.74 Å². The van der Waals surface area contributed by atoms with Gasteiger partial charge < -0.3 is 15.0 Å². The van der Waals surface area contributed by atoms with Crippen LogP contribution in [-0.4, -0.2) is 36.8 Å². The first kappa shape index (κ1) is 14.3. The maximum atomic E-state index is 5.02. The standard InChI is InChI=1S/C15H20N4O/c1-3-19(13-7-5-4-6-8-13)15-11-14(17-12-18-15)16-9-10-20-2/h4-8,11-12H,3,9-10H2,1-2H3,(H,16,17,18). The van der Waals surface area contributed by atoms with E-state index in [1.165, 1.54) is 0 Å². The van der Waals surface area contributed by atoms with Gasteiger partial charge in [-0.25, -0.2) is 9.97 Å². The van der Waals surface area contributed by atoms with Crippen LogP contribution < -0.4 is 10.2 Å². The van der Waals surface area contributed by atoms with Crippen molar-refractivity contribution in [2.45, 2.75) is 6.92 Å². The average Bonchev–Trinajstić information content (AvgIpc) is 2.50. The zero-order valence-corrected chi connectivity index (χ0v) is 11.9. The molecule has 0 saturated heterocycles. The van der Waals surface area contributed by atoms with Gasteiger partial charge in [0.05, 0.1) is 6.61 Å². The van der Waals surface area contributed by atoms with Crippen LogP contribution in [0.15, 0.2) is 42.7 Å². The van der Waals surface area contributed by atoms with Crippen molar-refractivity contribution in [2.75, 3.05) is 37.0 Å². The first-order chi connectivity index (χ1) is 9.85. The van der Waals surface area contributed by atoms with Crippen LogP contribution in [0.4, 0.5) is 17.3 Å². The molecular weight excluding hydrogens is 252 g/mol. The number of rotatable bonds is 7. The van der Waals surface area contributed by atoms with Gasteiger partial charge in [-0.2, -0.15) is 0 Å². The van der Waals surface area contributed by atoms with Gasteiger partial charge in [0.1, 0.15) is 18.0 Å². The lowest BCUT2D eigenvalue weighted by Crippen LogP contribution is -2.18. The third-order valence-corrected chi connectivity index (χ3v) is 2.93. The number of hydrogen-bond donors (Lipinski definition) is 1. The SMILES string of the molecule is CCN(c1ccccc1)c1cc(NCCOC)ncn1. The molecule has 0 spiro atoms. The summed E-state index contributed by atoms with van der Waals surface area (Å²) in [6.45, 7) is 4.33. The van der Waals surface area contributed by atoms with Crippen LogP contribution in [0, 0.1) is 0 Å². The average molecular weight is 272 g/mol. The van der Waals surface area contributed by atoms with Crippen molar-refractivity contribution in [3.63, 3.8) is 0 Å². The Hall–Kier alpha value is -2.14. The highest BCUT2D eigenvalue weighted by Crippen LogP contribution is 2.23. The molecule has 20 heavy (non-hydrogen) atoms. The van der Waals surface area contributed by atoms with Gasteiger partial charge >= 0.3 is 0 Å². The molecule has 5 heteroatoms.